The highest BCUT2D eigenvalue weighted by Gasteiger charge is 2.08. The number of benzene rings is 1. The van der Waals surface area contributed by atoms with Crippen LogP contribution < -0.4 is 0 Å². The largest absolute Gasteiger partial charge is 0.481 e. The average Bonchev–Trinajstić information content (AvgIpc) is 2.73. The van der Waals surface area contributed by atoms with Gasteiger partial charge < -0.3 is 5.11 Å². The van der Waals surface area contributed by atoms with Crippen molar-refractivity contribution in [2.75, 3.05) is 0 Å². The number of aromatic amines is 1. The number of carbonyl (C=O) groups is 1. The number of H-pyrrole nitrogens is 1. The molecule has 1 aromatic heterocycles. The van der Waals surface area contributed by atoms with Crippen molar-refractivity contribution in [3.8, 4) is 0 Å². The summed E-state index contributed by atoms with van der Waals surface area (Å²) in [5.41, 5.74) is 1.84. The molecule has 5 nitrogen and oxygen atoms in total. The molecular formula is C12H13N3O2S. The van der Waals surface area contributed by atoms with E-state index >= 15 is 0 Å². The summed E-state index contributed by atoms with van der Waals surface area (Å²) >= 11 is 1.49. The molecule has 0 amide bonds. The van der Waals surface area contributed by atoms with Crippen molar-refractivity contribution in [3.05, 3.63) is 41.2 Å². The van der Waals surface area contributed by atoms with Crippen LogP contribution in [0.5, 0.6) is 0 Å². The number of hydrogen-bond acceptors (Lipinski definition) is 4. The highest BCUT2D eigenvalue weighted by molar-refractivity contribution is 7.98. The molecule has 0 atom stereocenters. The monoisotopic (exact) mass is 263 g/mol. The molecule has 0 aliphatic carbocycles. The molecule has 0 radical (unpaired) electrons. The quantitative estimate of drug-likeness (QED) is 0.807. The maximum Gasteiger partial charge on any atom is 0.307 e. The second-order valence-corrected chi connectivity index (χ2v) is 4.77. The van der Waals surface area contributed by atoms with Crippen molar-refractivity contribution in [1.29, 1.82) is 0 Å². The first kappa shape index (κ1) is 12.6. The molecule has 0 fully saturated rings. The van der Waals surface area contributed by atoms with E-state index in [2.05, 4.69) is 15.2 Å². The van der Waals surface area contributed by atoms with Gasteiger partial charge in [-0.05, 0) is 18.1 Å². The number of aromatic nitrogens is 3. The molecule has 2 aromatic rings. The number of carboxylic acids is 1. The number of carboxylic acid groups (broad SMARTS) is 1. The van der Waals surface area contributed by atoms with Crippen LogP contribution >= 0.6 is 11.8 Å². The maximum atomic E-state index is 10.8. The van der Waals surface area contributed by atoms with Crippen LogP contribution in [-0.4, -0.2) is 26.3 Å². The molecule has 0 spiro atoms. The van der Waals surface area contributed by atoms with E-state index in [1.807, 2.05) is 31.2 Å². The molecule has 0 saturated heterocycles. The topological polar surface area (TPSA) is 78.9 Å². The van der Waals surface area contributed by atoms with Gasteiger partial charge in [-0.15, -0.1) is 5.10 Å². The van der Waals surface area contributed by atoms with Crippen molar-refractivity contribution in [2.45, 2.75) is 24.3 Å². The summed E-state index contributed by atoms with van der Waals surface area (Å²) in [6, 6.07) is 7.53. The summed E-state index contributed by atoms with van der Waals surface area (Å²) in [5, 5.41) is 16.3. The minimum atomic E-state index is -0.818. The Kier molecular flexibility index (Phi) is 3.99. The Bertz CT molecular complexity index is 554. The lowest BCUT2D eigenvalue weighted by atomic mass is 10.1. The Hall–Kier alpha value is -1.82. The lowest BCUT2D eigenvalue weighted by molar-refractivity contribution is -0.136. The Morgan fingerprint density at radius 3 is 2.72 bits per heavy atom. The summed E-state index contributed by atoms with van der Waals surface area (Å²) in [6.07, 6.45) is 0.0454. The van der Waals surface area contributed by atoms with E-state index in [0.717, 1.165) is 17.0 Å². The van der Waals surface area contributed by atoms with Crippen LogP contribution in [0.2, 0.25) is 0 Å². The SMILES string of the molecule is Cc1nc(SCc2ccccc2CC(=O)O)n[nH]1. The van der Waals surface area contributed by atoms with Crippen molar-refractivity contribution in [2.24, 2.45) is 0 Å². The van der Waals surface area contributed by atoms with Gasteiger partial charge in [0, 0.05) is 5.75 Å². The number of aryl methyl sites for hydroxylation is 1. The number of nitrogens with zero attached hydrogens (tertiary/aromatic N) is 2. The summed E-state index contributed by atoms with van der Waals surface area (Å²) in [7, 11) is 0. The van der Waals surface area contributed by atoms with Crippen LogP contribution in [0.3, 0.4) is 0 Å². The zero-order chi connectivity index (χ0) is 13.0. The number of hydrogen-bond donors (Lipinski definition) is 2. The van der Waals surface area contributed by atoms with E-state index in [1.54, 1.807) is 0 Å². The van der Waals surface area contributed by atoms with Crippen LogP contribution in [-0.2, 0) is 17.0 Å². The molecule has 0 aliphatic heterocycles. The van der Waals surface area contributed by atoms with Crippen molar-refractivity contribution >= 4 is 17.7 Å². The van der Waals surface area contributed by atoms with Gasteiger partial charge in [0.2, 0.25) is 5.16 Å². The number of rotatable bonds is 5. The number of nitrogens with one attached hydrogen (secondary N) is 1. The van der Waals surface area contributed by atoms with Gasteiger partial charge in [0.15, 0.2) is 0 Å². The third-order valence-corrected chi connectivity index (χ3v) is 3.29. The standard InChI is InChI=1S/C12H13N3O2S/c1-8-13-12(15-14-8)18-7-10-5-3-2-4-9(10)6-11(16)17/h2-5H,6-7H2,1H3,(H,16,17)(H,13,14,15). The van der Waals surface area contributed by atoms with Crippen LogP contribution in [0.4, 0.5) is 0 Å². The van der Waals surface area contributed by atoms with Gasteiger partial charge in [-0.25, -0.2) is 4.98 Å². The molecule has 94 valence electrons. The van der Waals surface area contributed by atoms with E-state index in [4.69, 9.17) is 5.11 Å². The molecule has 1 aromatic carbocycles. The zero-order valence-corrected chi connectivity index (χ0v) is 10.7. The Morgan fingerprint density at radius 1 is 1.39 bits per heavy atom. The van der Waals surface area contributed by atoms with Crippen LogP contribution in [0.15, 0.2) is 29.4 Å². The first-order valence-electron chi connectivity index (χ1n) is 5.45. The molecule has 0 bridgehead atoms. The minimum Gasteiger partial charge on any atom is -0.481 e. The minimum absolute atomic E-state index is 0.0454. The lowest BCUT2D eigenvalue weighted by Gasteiger charge is -2.05. The summed E-state index contributed by atoms with van der Waals surface area (Å²) < 4.78 is 0. The number of thioether (sulfide) groups is 1. The predicted octanol–water partition coefficient (Wildman–Crippen LogP) is 2.03. The normalized spacial score (nSPS) is 10.5. The average molecular weight is 263 g/mol. The fourth-order valence-corrected chi connectivity index (χ4v) is 2.44. The highest BCUT2D eigenvalue weighted by atomic mass is 32.2. The number of aliphatic carboxylic acids is 1. The van der Waals surface area contributed by atoms with Gasteiger partial charge in [0.25, 0.3) is 0 Å². The van der Waals surface area contributed by atoms with Crippen molar-refractivity contribution < 1.29 is 9.90 Å². The molecule has 0 aliphatic rings. The fraction of sp³-hybridized carbons (Fsp3) is 0.250. The molecule has 0 unspecified atom stereocenters. The van der Waals surface area contributed by atoms with Gasteiger partial charge in [0.05, 0.1) is 6.42 Å². The molecule has 18 heavy (non-hydrogen) atoms. The smallest absolute Gasteiger partial charge is 0.307 e. The molecule has 2 N–H and O–H groups in total. The third kappa shape index (κ3) is 3.33. The first-order chi connectivity index (χ1) is 8.65. The van der Waals surface area contributed by atoms with Crippen LogP contribution in [0.25, 0.3) is 0 Å². The van der Waals surface area contributed by atoms with Crippen molar-refractivity contribution in [1.82, 2.24) is 15.2 Å². The van der Waals surface area contributed by atoms with Gasteiger partial charge in [-0.2, -0.15) is 0 Å². The summed E-state index contributed by atoms with van der Waals surface area (Å²) in [6.45, 7) is 1.84. The zero-order valence-electron chi connectivity index (χ0n) is 9.88. The van der Waals surface area contributed by atoms with E-state index in [9.17, 15) is 4.79 Å². The Labute approximate surface area is 109 Å². The van der Waals surface area contributed by atoms with E-state index in [-0.39, 0.29) is 6.42 Å². The van der Waals surface area contributed by atoms with E-state index in [1.165, 1.54) is 11.8 Å². The van der Waals surface area contributed by atoms with Gasteiger partial charge in [-0.3, -0.25) is 9.89 Å². The summed E-state index contributed by atoms with van der Waals surface area (Å²) in [5.74, 6) is 0.623. The van der Waals surface area contributed by atoms with E-state index < -0.39 is 5.97 Å². The second-order valence-electron chi connectivity index (χ2n) is 3.83. The molecule has 2 rings (SSSR count). The Morgan fingerprint density at radius 2 is 2.11 bits per heavy atom. The van der Waals surface area contributed by atoms with Gasteiger partial charge in [-0.1, -0.05) is 36.0 Å². The third-order valence-electron chi connectivity index (χ3n) is 2.39. The summed E-state index contributed by atoms with van der Waals surface area (Å²) in [4.78, 5) is 15.0. The maximum absolute atomic E-state index is 10.8. The van der Waals surface area contributed by atoms with Crippen molar-refractivity contribution in [3.63, 3.8) is 0 Å². The molecule has 1 heterocycles. The van der Waals surface area contributed by atoms with Crippen LogP contribution in [0, 0.1) is 6.92 Å². The second kappa shape index (κ2) is 5.68. The van der Waals surface area contributed by atoms with Crippen LogP contribution in [0.1, 0.15) is 17.0 Å². The fourth-order valence-electron chi connectivity index (χ4n) is 1.56. The van der Waals surface area contributed by atoms with Gasteiger partial charge >= 0.3 is 5.97 Å². The Balaban J connectivity index is 2.06. The van der Waals surface area contributed by atoms with Gasteiger partial charge in [0.1, 0.15) is 5.82 Å². The molecule has 6 heteroatoms. The first-order valence-corrected chi connectivity index (χ1v) is 6.44. The molecular weight excluding hydrogens is 250 g/mol. The molecule has 0 saturated carbocycles. The predicted molar refractivity (Wildman–Crippen MR) is 68.5 cm³/mol. The highest BCUT2D eigenvalue weighted by Crippen LogP contribution is 2.21. The lowest BCUT2D eigenvalue weighted by Crippen LogP contribution is -2.02. The van der Waals surface area contributed by atoms with E-state index in [0.29, 0.717) is 10.9 Å².